The number of carbonyl (C=O) groups excluding carboxylic acids is 1. The first-order valence-electron chi connectivity index (χ1n) is 6.99. The molecule has 0 aliphatic carbocycles. The van der Waals surface area contributed by atoms with Crippen LogP contribution in [-0.4, -0.2) is 43.3 Å². The van der Waals surface area contributed by atoms with E-state index in [4.69, 9.17) is 4.74 Å². The van der Waals surface area contributed by atoms with E-state index < -0.39 is 10.9 Å². The largest absolute Gasteiger partial charge is 0.465 e. The average molecular weight is 304 g/mol. The highest BCUT2D eigenvalue weighted by Crippen LogP contribution is 2.30. The molecule has 2 atom stereocenters. The van der Waals surface area contributed by atoms with Crippen LogP contribution >= 0.6 is 0 Å². The summed E-state index contributed by atoms with van der Waals surface area (Å²) in [5, 5.41) is 14.5. The van der Waals surface area contributed by atoms with Gasteiger partial charge in [0.05, 0.1) is 30.8 Å². The van der Waals surface area contributed by atoms with Crippen LogP contribution in [-0.2, 0) is 9.47 Å². The van der Waals surface area contributed by atoms with Crippen LogP contribution in [0.1, 0.15) is 22.3 Å². The zero-order valence-corrected chi connectivity index (χ0v) is 12.1. The molecule has 2 bridgehead atoms. The summed E-state index contributed by atoms with van der Waals surface area (Å²) in [6.07, 6.45) is 2.72. The maximum absolute atomic E-state index is 11.7. The summed E-state index contributed by atoms with van der Waals surface area (Å²) in [7, 11) is 1.26. The smallest absolute Gasteiger partial charge is 0.338 e. The molecule has 116 valence electrons. The van der Waals surface area contributed by atoms with Gasteiger partial charge in [0.15, 0.2) is 0 Å². The minimum atomic E-state index is -0.581. The van der Waals surface area contributed by atoms with Crippen LogP contribution in [0.3, 0.4) is 0 Å². The van der Waals surface area contributed by atoms with Crippen LogP contribution in [0.4, 0.5) is 5.69 Å². The van der Waals surface area contributed by atoms with Gasteiger partial charge in [-0.25, -0.2) is 4.79 Å². The molecule has 0 saturated carbocycles. The van der Waals surface area contributed by atoms with Crippen molar-refractivity contribution in [2.45, 2.75) is 18.5 Å². The Labute approximate surface area is 127 Å². The molecule has 7 nitrogen and oxygen atoms in total. The maximum Gasteiger partial charge on any atom is 0.338 e. The average Bonchev–Trinajstić information content (AvgIpc) is 2.53. The highest BCUT2D eigenvalue weighted by atomic mass is 16.6. The summed E-state index contributed by atoms with van der Waals surface area (Å²) >= 11 is 0. The van der Waals surface area contributed by atoms with Crippen LogP contribution < -0.4 is 5.32 Å². The molecule has 2 unspecified atom stereocenters. The lowest BCUT2D eigenvalue weighted by Gasteiger charge is -2.35. The second-order valence-electron chi connectivity index (χ2n) is 5.42. The van der Waals surface area contributed by atoms with Crippen LogP contribution in [0.2, 0.25) is 0 Å². The van der Waals surface area contributed by atoms with Crippen LogP contribution in [0.15, 0.2) is 24.3 Å². The number of hydrogen-bond acceptors (Lipinski definition) is 6. The zero-order chi connectivity index (χ0) is 15.7. The van der Waals surface area contributed by atoms with Gasteiger partial charge in [-0.05, 0) is 23.6 Å². The monoisotopic (exact) mass is 304 g/mol. The first-order valence-corrected chi connectivity index (χ1v) is 6.99. The van der Waals surface area contributed by atoms with Gasteiger partial charge < -0.3 is 14.8 Å². The van der Waals surface area contributed by atoms with Crippen molar-refractivity contribution in [2.75, 3.05) is 20.3 Å². The number of nitrogens with zero attached hydrogens (tertiary/aromatic N) is 1. The Bertz CT molecular complexity index is 655. The first kappa shape index (κ1) is 14.7. The van der Waals surface area contributed by atoms with Gasteiger partial charge in [-0.15, -0.1) is 0 Å². The number of ether oxygens (including phenoxy) is 2. The summed E-state index contributed by atoms with van der Waals surface area (Å²) in [5.74, 6) is -0.581. The lowest BCUT2D eigenvalue weighted by Crippen LogP contribution is -2.50. The van der Waals surface area contributed by atoms with Gasteiger partial charge in [-0.1, -0.05) is 6.08 Å². The molecule has 1 aromatic carbocycles. The Morgan fingerprint density at radius 3 is 2.91 bits per heavy atom. The second kappa shape index (κ2) is 5.86. The van der Waals surface area contributed by atoms with Crippen molar-refractivity contribution < 1.29 is 19.2 Å². The van der Waals surface area contributed by atoms with E-state index in [0.29, 0.717) is 25.2 Å². The number of nitro benzene ring substituents is 1. The Morgan fingerprint density at radius 2 is 2.23 bits per heavy atom. The highest BCUT2D eigenvalue weighted by molar-refractivity contribution is 5.91. The van der Waals surface area contributed by atoms with E-state index in [0.717, 1.165) is 5.57 Å². The van der Waals surface area contributed by atoms with Gasteiger partial charge in [-0.2, -0.15) is 0 Å². The van der Waals surface area contributed by atoms with E-state index in [2.05, 4.69) is 10.1 Å². The lowest BCUT2D eigenvalue weighted by molar-refractivity contribution is -0.384. The van der Waals surface area contributed by atoms with E-state index in [-0.39, 0.29) is 23.3 Å². The summed E-state index contributed by atoms with van der Waals surface area (Å²) in [6.45, 7) is 1.20. The van der Waals surface area contributed by atoms with E-state index in [9.17, 15) is 14.9 Å². The molecule has 0 amide bonds. The van der Waals surface area contributed by atoms with Crippen molar-refractivity contribution in [2.24, 2.45) is 0 Å². The van der Waals surface area contributed by atoms with Crippen molar-refractivity contribution in [3.05, 3.63) is 45.5 Å². The van der Waals surface area contributed by atoms with Crippen molar-refractivity contribution >= 4 is 17.2 Å². The molecule has 1 saturated heterocycles. The Morgan fingerprint density at radius 1 is 1.41 bits per heavy atom. The number of nitro groups is 1. The van der Waals surface area contributed by atoms with Crippen molar-refractivity contribution in [3.8, 4) is 0 Å². The Hall–Kier alpha value is -2.25. The van der Waals surface area contributed by atoms with Crippen LogP contribution in [0.25, 0.3) is 5.57 Å². The van der Waals surface area contributed by atoms with Crippen LogP contribution in [0.5, 0.6) is 0 Å². The quantitative estimate of drug-likeness (QED) is 0.517. The van der Waals surface area contributed by atoms with E-state index in [1.54, 1.807) is 6.07 Å². The van der Waals surface area contributed by atoms with Gasteiger partial charge in [-0.3, -0.25) is 10.1 Å². The molecule has 2 heterocycles. The Kier molecular flexibility index (Phi) is 3.91. The molecule has 2 aliphatic heterocycles. The molecule has 7 heteroatoms. The Balaban J connectivity index is 2.02. The van der Waals surface area contributed by atoms with Gasteiger partial charge in [0.1, 0.15) is 0 Å². The van der Waals surface area contributed by atoms with Crippen LogP contribution in [0, 0.1) is 10.1 Å². The summed E-state index contributed by atoms with van der Waals surface area (Å²) in [4.78, 5) is 22.3. The molecule has 0 spiro atoms. The molecule has 3 rings (SSSR count). The third kappa shape index (κ3) is 2.86. The predicted molar refractivity (Wildman–Crippen MR) is 78.6 cm³/mol. The lowest BCUT2D eigenvalue weighted by atomic mass is 9.90. The summed E-state index contributed by atoms with van der Waals surface area (Å²) < 4.78 is 10.1. The molecular formula is C15H16N2O5. The van der Waals surface area contributed by atoms with Crippen molar-refractivity contribution in [3.63, 3.8) is 0 Å². The fourth-order valence-electron chi connectivity index (χ4n) is 2.88. The number of benzene rings is 1. The van der Waals surface area contributed by atoms with Crippen molar-refractivity contribution in [1.82, 2.24) is 5.32 Å². The van der Waals surface area contributed by atoms with Gasteiger partial charge >= 0.3 is 5.97 Å². The molecule has 2 aliphatic rings. The SMILES string of the molecule is COC(=O)c1cc(C2=CC3COCC(C2)N3)cc([N+](=O)[O-])c1. The number of rotatable bonds is 3. The van der Waals surface area contributed by atoms with Crippen molar-refractivity contribution in [1.29, 1.82) is 0 Å². The number of carbonyl (C=O) groups is 1. The van der Waals surface area contributed by atoms with E-state index in [1.165, 1.54) is 19.2 Å². The number of nitrogens with one attached hydrogen (secondary N) is 1. The molecule has 0 radical (unpaired) electrons. The number of fused-ring (bicyclic) bond motifs is 2. The summed E-state index contributed by atoms with van der Waals surface area (Å²) in [6, 6.07) is 4.68. The standard InChI is InChI=1S/C15H16N2O5/c1-21-15(18)11-2-9(5-14(6-11)17(19)20)10-3-12-7-22-8-13(4-10)16-12/h2-3,5-6,12-13,16H,4,7-8H2,1H3. The normalized spacial score (nSPS) is 23.6. The molecule has 22 heavy (non-hydrogen) atoms. The fraction of sp³-hybridized carbons (Fsp3) is 0.400. The third-order valence-corrected chi connectivity index (χ3v) is 3.86. The topological polar surface area (TPSA) is 90.7 Å². The van der Waals surface area contributed by atoms with Gasteiger partial charge in [0.2, 0.25) is 0 Å². The van der Waals surface area contributed by atoms with Gasteiger partial charge in [0.25, 0.3) is 5.69 Å². The van der Waals surface area contributed by atoms with Gasteiger partial charge in [0, 0.05) is 24.2 Å². The molecule has 1 fully saturated rings. The molecule has 1 N–H and O–H groups in total. The number of hydrogen-bond donors (Lipinski definition) is 1. The fourth-order valence-corrected chi connectivity index (χ4v) is 2.88. The predicted octanol–water partition coefficient (Wildman–Crippen LogP) is 1.53. The minimum absolute atomic E-state index is 0.100. The summed E-state index contributed by atoms with van der Waals surface area (Å²) in [5.41, 5.74) is 1.75. The molecule has 1 aromatic rings. The maximum atomic E-state index is 11.7. The van der Waals surface area contributed by atoms with E-state index in [1.807, 2.05) is 6.08 Å². The number of non-ortho nitro benzene ring substituents is 1. The number of morpholine rings is 1. The second-order valence-corrected chi connectivity index (χ2v) is 5.42. The highest BCUT2D eigenvalue weighted by Gasteiger charge is 2.27. The molecule has 0 aromatic heterocycles. The number of methoxy groups -OCH3 is 1. The minimum Gasteiger partial charge on any atom is -0.465 e. The number of esters is 1. The first-order chi connectivity index (χ1) is 10.6. The molecular weight excluding hydrogens is 288 g/mol. The van der Waals surface area contributed by atoms with E-state index >= 15 is 0 Å². The zero-order valence-electron chi connectivity index (χ0n) is 12.1. The third-order valence-electron chi connectivity index (χ3n) is 3.86.